The minimum atomic E-state index is -0.816. The summed E-state index contributed by atoms with van der Waals surface area (Å²) in [6.07, 6.45) is 1.42. The topological polar surface area (TPSA) is 71.2 Å². The average Bonchev–Trinajstić information content (AvgIpc) is 2.52. The van der Waals surface area contributed by atoms with Crippen molar-refractivity contribution >= 4 is 5.91 Å². The van der Waals surface area contributed by atoms with Crippen molar-refractivity contribution in [2.24, 2.45) is 0 Å². The molecule has 0 saturated carbocycles. The maximum absolute atomic E-state index is 13.3. The van der Waals surface area contributed by atoms with Gasteiger partial charge in [0.05, 0.1) is 6.54 Å². The fourth-order valence-electron chi connectivity index (χ4n) is 1.64. The lowest BCUT2D eigenvalue weighted by Crippen LogP contribution is -2.29. The largest absolute Gasteiger partial charge is 0.478 e. The molecule has 0 atom stereocenters. The third kappa shape index (κ3) is 4.68. The highest BCUT2D eigenvalue weighted by atomic mass is 19.1. The standard InChI is InChI=1S/C16H12F2N2O3/c17-11-5-6-14(13(18)10-11)23-9-2-1-7-19-15(21)12-4-3-8-20-16(12)22/h3-6,8,10H,7,9H2,(H,19,21)(H,20,22). The molecule has 2 N–H and O–H groups in total. The molecule has 23 heavy (non-hydrogen) atoms. The van der Waals surface area contributed by atoms with Gasteiger partial charge in [0.1, 0.15) is 18.0 Å². The first kappa shape index (κ1) is 16.2. The second kappa shape index (κ2) is 7.75. The molecule has 118 valence electrons. The minimum absolute atomic E-state index is 0.00241. The number of halogens is 2. The summed E-state index contributed by atoms with van der Waals surface area (Å²) in [5.74, 6) is 2.98. The third-order valence-electron chi connectivity index (χ3n) is 2.72. The maximum atomic E-state index is 13.3. The molecule has 0 fully saturated rings. The highest BCUT2D eigenvalue weighted by Crippen LogP contribution is 2.17. The Bertz CT molecular complexity index is 822. The normalized spacial score (nSPS) is 9.65. The van der Waals surface area contributed by atoms with Gasteiger partial charge in [-0.2, -0.15) is 0 Å². The van der Waals surface area contributed by atoms with Crippen LogP contribution in [0.25, 0.3) is 0 Å². The molecule has 0 aliphatic carbocycles. The second-order valence-electron chi connectivity index (χ2n) is 4.31. The number of H-pyrrole nitrogens is 1. The number of aromatic nitrogens is 1. The first-order valence-corrected chi connectivity index (χ1v) is 6.57. The molecule has 0 bridgehead atoms. The number of nitrogens with one attached hydrogen (secondary N) is 2. The highest BCUT2D eigenvalue weighted by Gasteiger charge is 2.07. The molecule has 0 radical (unpaired) electrons. The van der Waals surface area contributed by atoms with Gasteiger partial charge in [0.2, 0.25) is 0 Å². The van der Waals surface area contributed by atoms with Crippen molar-refractivity contribution in [2.75, 3.05) is 13.2 Å². The maximum Gasteiger partial charge on any atom is 0.260 e. The summed E-state index contributed by atoms with van der Waals surface area (Å²) in [5, 5.41) is 2.45. The fourth-order valence-corrected chi connectivity index (χ4v) is 1.64. The Hall–Kier alpha value is -3.14. The monoisotopic (exact) mass is 318 g/mol. The van der Waals surface area contributed by atoms with Gasteiger partial charge in [0, 0.05) is 12.3 Å². The molecular formula is C16H12F2N2O3. The van der Waals surface area contributed by atoms with Crippen molar-refractivity contribution in [1.82, 2.24) is 10.3 Å². The van der Waals surface area contributed by atoms with Crippen molar-refractivity contribution in [3.63, 3.8) is 0 Å². The summed E-state index contributed by atoms with van der Waals surface area (Å²) in [6.45, 7) is -0.118. The molecule has 0 spiro atoms. The molecule has 1 amide bonds. The van der Waals surface area contributed by atoms with Gasteiger partial charge in [0.25, 0.3) is 11.5 Å². The van der Waals surface area contributed by atoms with Gasteiger partial charge in [0.15, 0.2) is 11.6 Å². The Morgan fingerprint density at radius 3 is 2.83 bits per heavy atom. The van der Waals surface area contributed by atoms with Gasteiger partial charge >= 0.3 is 0 Å². The molecule has 1 heterocycles. The van der Waals surface area contributed by atoms with Crippen molar-refractivity contribution in [3.8, 4) is 17.6 Å². The Morgan fingerprint density at radius 2 is 2.09 bits per heavy atom. The molecule has 5 nitrogen and oxygen atoms in total. The van der Waals surface area contributed by atoms with E-state index < -0.39 is 23.1 Å². The van der Waals surface area contributed by atoms with E-state index >= 15 is 0 Å². The van der Waals surface area contributed by atoms with Crippen molar-refractivity contribution in [2.45, 2.75) is 0 Å². The Labute approximate surface area is 130 Å². The van der Waals surface area contributed by atoms with E-state index in [0.29, 0.717) is 6.07 Å². The molecule has 2 rings (SSSR count). The molecule has 1 aromatic carbocycles. The van der Waals surface area contributed by atoms with Crippen LogP contribution in [-0.2, 0) is 0 Å². The molecule has 1 aromatic heterocycles. The van der Waals surface area contributed by atoms with Crippen LogP contribution in [0.1, 0.15) is 10.4 Å². The second-order valence-corrected chi connectivity index (χ2v) is 4.31. The molecule has 0 saturated heterocycles. The van der Waals surface area contributed by atoms with E-state index in [4.69, 9.17) is 4.74 Å². The molecule has 0 aliphatic heterocycles. The molecule has 0 unspecified atom stereocenters. The van der Waals surface area contributed by atoms with Crippen LogP contribution in [0.5, 0.6) is 5.75 Å². The number of ether oxygens (including phenoxy) is 1. The summed E-state index contributed by atoms with van der Waals surface area (Å²) in [6, 6.07) is 5.87. The number of hydrogen-bond acceptors (Lipinski definition) is 3. The zero-order chi connectivity index (χ0) is 16.7. The summed E-state index contributed by atoms with van der Waals surface area (Å²) in [7, 11) is 0. The quantitative estimate of drug-likeness (QED) is 0.839. The Balaban J connectivity index is 1.79. The van der Waals surface area contributed by atoms with Crippen LogP contribution in [0.15, 0.2) is 41.3 Å². The van der Waals surface area contributed by atoms with Crippen LogP contribution in [0.2, 0.25) is 0 Å². The van der Waals surface area contributed by atoms with Crippen molar-refractivity contribution in [1.29, 1.82) is 0 Å². The van der Waals surface area contributed by atoms with E-state index in [2.05, 4.69) is 22.1 Å². The van der Waals surface area contributed by atoms with Crippen LogP contribution < -0.4 is 15.6 Å². The van der Waals surface area contributed by atoms with Gasteiger partial charge in [-0.3, -0.25) is 9.59 Å². The summed E-state index contributed by atoms with van der Waals surface area (Å²) < 4.78 is 31.0. The van der Waals surface area contributed by atoms with E-state index in [-0.39, 0.29) is 24.5 Å². The predicted octanol–water partition coefficient (Wildman–Crippen LogP) is 1.47. The van der Waals surface area contributed by atoms with Gasteiger partial charge in [-0.05, 0) is 24.3 Å². The van der Waals surface area contributed by atoms with Crippen molar-refractivity contribution < 1.29 is 18.3 Å². The minimum Gasteiger partial charge on any atom is -0.478 e. The fraction of sp³-hybridized carbons (Fsp3) is 0.125. The van der Waals surface area contributed by atoms with E-state index in [1.165, 1.54) is 18.3 Å². The van der Waals surface area contributed by atoms with Gasteiger partial charge in [-0.1, -0.05) is 11.8 Å². The van der Waals surface area contributed by atoms with Crippen molar-refractivity contribution in [3.05, 3.63) is 64.1 Å². The first-order valence-electron chi connectivity index (χ1n) is 6.57. The lowest BCUT2D eigenvalue weighted by Gasteiger charge is -2.03. The van der Waals surface area contributed by atoms with Gasteiger partial charge in [-0.15, -0.1) is 0 Å². The zero-order valence-corrected chi connectivity index (χ0v) is 11.9. The summed E-state index contributed by atoms with van der Waals surface area (Å²) in [4.78, 5) is 25.4. The highest BCUT2D eigenvalue weighted by molar-refractivity contribution is 5.93. The number of carbonyl (C=O) groups is 1. The number of hydrogen-bond donors (Lipinski definition) is 2. The van der Waals surface area contributed by atoms with E-state index in [1.54, 1.807) is 0 Å². The molecule has 0 aliphatic rings. The van der Waals surface area contributed by atoms with Gasteiger partial charge in [-0.25, -0.2) is 8.78 Å². The lowest BCUT2D eigenvalue weighted by molar-refractivity contribution is 0.0957. The molecular weight excluding hydrogens is 306 g/mol. The van der Waals surface area contributed by atoms with Crippen LogP contribution in [0.3, 0.4) is 0 Å². The lowest BCUT2D eigenvalue weighted by atomic mass is 10.2. The van der Waals surface area contributed by atoms with E-state index in [9.17, 15) is 18.4 Å². The number of carbonyl (C=O) groups excluding carboxylic acids is 1. The number of benzene rings is 1. The Morgan fingerprint density at radius 1 is 1.26 bits per heavy atom. The van der Waals surface area contributed by atoms with Crippen LogP contribution >= 0.6 is 0 Å². The van der Waals surface area contributed by atoms with Crippen LogP contribution in [0, 0.1) is 23.5 Å². The predicted molar refractivity (Wildman–Crippen MR) is 79.0 cm³/mol. The SMILES string of the molecule is O=C(NCC#CCOc1ccc(F)cc1F)c1ccc[nH]c1=O. The van der Waals surface area contributed by atoms with Crippen LogP contribution in [0.4, 0.5) is 8.78 Å². The Kier molecular flexibility index (Phi) is 5.47. The van der Waals surface area contributed by atoms with E-state index in [1.807, 2.05) is 0 Å². The molecule has 7 heteroatoms. The van der Waals surface area contributed by atoms with Crippen LogP contribution in [-0.4, -0.2) is 24.0 Å². The first-order chi connectivity index (χ1) is 11.1. The molecule has 2 aromatic rings. The number of rotatable bonds is 4. The summed E-state index contributed by atoms with van der Waals surface area (Å²) in [5.41, 5.74) is -0.507. The smallest absolute Gasteiger partial charge is 0.260 e. The van der Waals surface area contributed by atoms with Gasteiger partial charge < -0.3 is 15.0 Å². The van der Waals surface area contributed by atoms with E-state index in [0.717, 1.165) is 12.1 Å². The third-order valence-corrected chi connectivity index (χ3v) is 2.72. The number of aromatic amines is 1. The average molecular weight is 318 g/mol. The number of amides is 1. The number of pyridine rings is 1. The summed E-state index contributed by atoms with van der Waals surface area (Å²) >= 11 is 0. The zero-order valence-electron chi connectivity index (χ0n) is 11.9.